The van der Waals surface area contributed by atoms with Gasteiger partial charge in [-0.1, -0.05) is 121 Å². The van der Waals surface area contributed by atoms with Gasteiger partial charge in [0.2, 0.25) is 4.96 Å². The Balaban J connectivity index is 1.27. The zero-order valence-corrected chi connectivity index (χ0v) is 23.1. The van der Waals surface area contributed by atoms with Gasteiger partial charge in [0.1, 0.15) is 16.5 Å². The molecule has 42 heavy (non-hydrogen) atoms. The van der Waals surface area contributed by atoms with Gasteiger partial charge in [-0.05, 0) is 35.4 Å². The Labute approximate surface area is 245 Å². The van der Waals surface area contributed by atoms with Crippen LogP contribution in [0.25, 0.3) is 49.2 Å². The maximum Gasteiger partial charge on any atom is 0.235 e. The molecule has 0 atom stereocenters. The van der Waals surface area contributed by atoms with Crippen LogP contribution < -0.4 is 0 Å². The molecule has 200 valence electrons. The van der Waals surface area contributed by atoms with Crippen molar-refractivity contribution in [3.05, 3.63) is 150 Å². The van der Waals surface area contributed by atoms with Gasteiger partial charge in [0.25, 0.3) is 0 Å². The molecule has 0 aliphatic carbocycles. The molecule has 0 bridgehead atoms. The van der Waals surface area contributed by atoms with Crippen LogP contribution in [0.5, 0.6) is 0 Å². The van der Waals surface area contributed by atoms with Gasteiger partial charge in [-0.25, -0.2) is 4.98 Å². The minimum absolute atomic E-state index is 0.110. The average Bonchev–Trinajstić information content (AvgIpc) is 3.80. The van der Waals surface area contributed by atoms with Crippen LogP contribution >= 0.6 is 11.3 Å². The fourth-order valence-electron chi connectivity index (χ4n) is 5.41. The van der Waals surface area contributed by atoms with Gasteiger partial charge in [0, 0.05) is 16.5 Å². The molecule has 0 N–H and O–H groups in total. The average molecular weight is 562 g/mol. The molecular formula is C35H23N5OS. The SMILES string of the molecule is c1ccc(-c2ccc(-c3cc(-c4nn5c(C(c6ccccc6)c6ccccc6)nnc5s4)c4ccccc4n3)o2)cc1. The van der Waals surface area contributed by atoms with Crippen LogP contribution in [0.4, 0.5) is 0 Å². The molecule has 0 aliphatic heterocycles. The van der Waals surface area contributed by atoms with Crippen LogP contribution in [0.1, 0.15) is 22.9 Å². The van der Waals surface area contributed by atoms with Crippen molar-refractivity contribution in [1.82, 2.24) is 24.8 Å². The molecule has 0 saturated carbocycles. The molecule has 8 aromatic rings. The highest BCUT2D eigenvalue weighted by Crippen LogP contribution is 2.37. The molecule has 4 aromatic carbocycles. The monoisotopic (exact) mass is 561 g/mol. The van der Waals surface area contributed by atoms with E-state index in [1.165, 1.54) is 11.3 Å². The van der Waals surface area contributed by atoms with Crippen molar-refractivity contribution >= 4 is 27.2 Å². The molecule has 0 aliphatic rings. The van der Waals surface area contributed by atoms with Crippen molar-refractivity contribution in [2.45, 2.75) is 5.92 Å². The second-order valence-corrected chi connectivity index (χ2v) is 11.0. The number of furan rings is 1. The zero-order chi connectivity index (χ0) is 27.9. The Morgan fingerprint density at radius 3 is 2.02 bits per heavy atom. The largest absolute Gasteiger partial charge is 0.454 e. The lowest BCUT2D eigenvalue weighted by Crippen LogP contribution is -2.08. The molecule has 7 heteroatoms. The third kappa shape index (κ3) is 4.27. The summed E-state index contributed by atoms with van der Waals surface area (Å²) in [5.41, 5.74) is 5.90. The van der Waals surface area contributed by atoms with Crippen molar-refractivity contribution in [1.29, 1.82) is 0 Å². The molecule has 0 saturated heterocycles. The number of hydrogen-bond acceptors (Lipinski definition) is 6. The number of para-hydroxylation sites is 1. The van der Waals surface area contributed by atoms with E-state index in [4.69, 9.17) is 14.5 Å². The van der Waals surface area contributed by atoms with Crippen molar-refractivity contribution in [2.75, 3.05) is 0 Å². The van der Waals surface area contributed by atoms with Gasteiger partial charge in [0.05, 0.1) is 11.4 Å². The molecule has 4 aromatic heterocycles. The lowest BCUT2D eigenvalue weighted by molar-refractivity contribution is 0.595. The van der Waals surface area contributed by atoms with E-state index in [1.807, 2.05) is 77.3 Å². The van der Waals surface area contributed by atoms with Gasteiger partial charge in [-0.2, -0.15) is 9.61 Å². The number of hydrogen-bond donors (Lipinski definition) is 0. The minimum Gasteiger partial charge on any atom is -0.454 e. The fourth-order valence-corrected chi connectivity index (χ4v) is 6.29. The van der Waals surface area contributed by atoms with Crippen molar-refractivity contribution in [3.63, 3.8) is 0 Å². The van der Waals surface area contributed by atoms with Gasteiger partial charge >= 0.3 is 0 Å². The van der Waals surface area contributed by atoms with E-state index >= 15 is 0 Å². The number of nitrogens with zero attached hydrogens (tertiary/aromatic N) is 5. The molecule has 4 heterocycles. The van der Waals surface area contributed by atoms with Crippen LogP contribution in [-0.4, -0.2) is 24.8 Å². The highest BCUT2D eigenvalue weighted by Gasteiger charge is 2.25. The first-order valence-electron chi connectivity index (χ1n) is 13.7. The quantitative estimate of drug-likeness (QED) is 0.204. The molecule has 0 spiro atoms. The molecule has 8 rings (SSSR count). The maximum atomic E-state index is 6.28. The van der Waals surface area contributed by atoms with Crippen molar-refractivity contribution in [2.24, 2.45) is 0 Å². The normalized spacial score (nSPS) is 11.5. The summed E-state index contributed by atoms with van der Waals surface area (Å²) in [4.78, 5) is 5.69. The topological polar surface area (TPSA) is 69.1 Å². The first kappa shape index (κ1) is 24.4. The smallest absolute Gasteiger partial charge is 0.235 e. The van der Waals surface area contributed by atoms with Gasteiger partial charge in [-0.3, -0.25) is 0 Å². The maximum absolute atomic E-state index is 6.28. The zero-order valence-electron chi connectivity index (χ0n) is 22.3. The molecule has 0 radical (unpaired) electrons. The number of pyridine rings is 1. The second kappa shape index (κ2) is 10.2. The summed E-state index contributed by atoms with van der Waals surface area (Å²) in [6.07, 6.45) is 0. The second-order valence-electron chi connectivity index (χ2n) is 10.0. The van der Waals surface area contributed by atoms with E-state index in [0.29, 0.717) is 5.76 Å². The summed E-state index contributed by atoms with van der Waals surface area (Å²) >= 11 is 1.52. The van der Waals surface area contributed by atoms with E-state index in [2.05, 4.69) is 70.9 Å². The predicted molar refractivity (Wildman–Crippen MR) is 166 cm³/mol. The lowest BCUT2D eigenvalue weighted by Gasteiger charge is -2.15. The predicted octanol–water partition coefficient (Wildman–Crippen LogP) is 8.51. The Morgan fingerprint density at radius 1 is 0.643 bits per heavy atom. The van der Waals surface area contributed by atoms with E-state index in [0.717, 1.165) is 60.4 Å². The van der Waals surface area contributed by atoms with E-state index < -0.39 is 0 Å². The molecule has 0 unspecified atom stereocenters. The fraction of sp³-hybridized carbons (Fsp3) is 0.0286. The first-order valence-corrected chi connectivity index (χ1v) is 14.5. The summed E-state index contributed by atoms with van der Waals surface area (Å²) in [6.45, 7) is 0. The summed E-state index contributed by atoms with van der Waals surface area (Å²) in [5.74, 6) is 2.18. The third-order valence-electron chi connectivity index (χ3n) is 7.40. The molecule has 6 nitrogen and oxygen atoms in total. The highest BCUT2D eigenvalue weighted by molar-refractivity contribution is 7.19. The number of rotatable bonds is 6. The summed E-state index contributed by atoms with van der Waals surface area (Å²) < 4.78 is 8.17. The Morgan fingerprint density at radius 2 is 1.29 bits per heavy atom. The van der Waals surface area contributed by atoms with Gasteiger partial charge < -0.3 is 4.42 Å². The highest BCUT2D eigenvalue weighted by atomic mass is 32.1. The van der Waals surface area contributed by atoms with E-state index in [-0.39, 0.29) is 5.92 Å². The van der Waals surface area contributed by atoms with E-state index in [1.54, 1.807) is 0 Å². The van der Waals surface area contributed by atoms with Crippen LogP contribution in [0.3, 0.4) is 0 Å². The van der Waals surface area contributed by atoms with E-state index in [9.17, 15) is 0 Å². The first-order chi connectivity index (χ1) is 20.8. The number of fused-ring (bicyclic) bond motifs is 2. The number of aromatic nitrogens is 5. The van der Waals surface area contributed by atoms with Gasteiger partial charge in [0.15, 0.2) is 11.6 Å². The molecule has 0 amide bonds. The Bertz CT molecular complexity index is 2110. The van der Waals surface area contributed by atoms with Crippen LogP contribution in [-0.2, 0) is 0 Å². The van der Waals surface area contributed by atoms with Crippen molar-refractivity contribution in [3.8, 4) is 33.3 Å². The molecular weight excluding hydrogens is 538 g/mol. The van der Waals surface area contributed by atoms with Crippen molar-refractivity contribution < 1.29 is 4.42 Å². The summed E-state index contributed by atoms with van der Waals surface area (Å²) in [5, 5.41) is 16.2. The van der Waals surface area contributed by atoms with Crippen LogP contribution in [0.2, 0.25) is 0 Å². The van der Waals surface area contributed by atoms with Crippen LogP contribution in [0.15, 0.2) is 138 Å². The van der Waals surface area contributed by atoms with Crippen LogP contribution in [0, 0.1) is 0 Å². The summed E-state index contributed by atoms with van der Waals surface area (Å²) in [7, 11) is 0. The Hall–Kier alpha value is -5.40. The standard InChI is InChI=1S/C35H23N5OS/c1-4-12-23(13-5-1)30-20-21-31(41-30)29-22-27(26-18-10-11-19-28(26)36-29)34-39-40-33(37-38-35(40)42-34)32(24-14-6-2-7-15-24)25-16-8-3-9-17-25/h1-22,32H. The number of benzene rings is 4. The summed E-state index contributed by atoms with van der Waals surface area (Å²) in [6, 6.07) is 45.0. The third-order valence-corrected chi connectivity index (χ3v) is 8.33. The minimum atomic E-state index is -0.110. The van der Waals surface area contributed by atoms with Gasteiger partial charge in [-0.15, -0.1) is 10.2 Å². The molecule has 0 fully saturated rings. The Kier molecular flexibility index (Phi) is 5.93. The lowest BCUT2D eigenvalue weighted by atomic mass is 9.91.